The molecule has 3 rings (SSSR count). The largest absolute Gasteiger partial charge is 0.394 e. The quantitative estimate of drug-likeness (QED) is 0.0200. The van der Waals surface area contributed by atoms with Crippen LogP contribution in [0.5, 0.6) is 0 Å². The Bertz CT molecular complexity index is 2060. The second-order valence-corrected chi connectivity index (χ2v) is 23.9. The highest BCUT2D eigenvalue weighted by molar-refractivity contribution is 5.76. The zero-order valence-corrected chi connectivity index (χ0v) is 54.3. The van der Waals surface area contributed by atoms with Gasteiger partial charge in [-0.05, 0) is 83.5 Å². The van der Waals surface area contributed by atoms with Gasteiger partial charge in [-0.2, -0.15) is 0 Å². The summed E-state index contributed by atoms with van der Waals surface area (Å²) in [4.78, 5) is 13.3. The first-order chi connectivity index (χ1) is 43.8. The van der Waals surface area contributed by atoms with E-state index >= 15 is 0 Å². The van der Waals surface area contributed by atoms with Crippen LogP contribution in [0.1, 0.15) is 200 Å². The summed E-state index contributed by atoms with van der Waals surface area (Å²) in [5.74, 6) is -0.288. The molecule has 17 unspecified atom stereocenters. The van der Waals surface area contributed by atoms with Crippen molar-refractivity contribution in [3.05, 3.63) is 109 Å². The van der Waals surface area contributed by atoms with Crippen molar-refractivity contribution in [1.82, 2.24) is 5.32 Å². The smallest absolute Gasteiger partial charge is 0.220 e. The van der Waals surface area contributed by atoms with E-state index in [0.717, 1.165) is 109 Å². The third kappa shape index (κ3) is 33.5. The maximum Gasteiger partial charge on any atom is 0.220 e. The highest BCUT2D eigenvalue weighted by atomic mass is 16.8. The van der Waals surface area contributed by atoms with Gasteiger partial charge >= 0.3 is 0 Å². The molecule has 0 radical (unpaired) electrons. The monoisotopic (exact) mass is 1270 g/mol. The van der Waals surface area contributed by atoms with Gasteiger partial charge in [0.25, 0.3) is 0 Å². The normalized spacial score (nSPS) is 28.7. The molecule has 0 saturated carbocycles. The molecule has 19 nitrogen and oxygen atoms in total. The van der Waals surface area contributed by atoms with Crippen LogP contribution in [0.25, 0.3) is 0 Å². The molecular weight excluding hydrogens is 1150 g/mol. The van der Waals surface area contributed by atoms with Crippen LogP contribution in [0.15, 0.2) is 109 Å². The fourth-order valence-electron chi connectivity index (χ4n) is 10.8. The van der Waals surface area contributed by atoms with Crippen molar-refractivity contribution in [2.75, 3.05) is 26.4 Å². The van der Waals surface area contributed by atoms with Gasteiger partial charge in [-0.3, -0.25) is 4.79 Å². The van der Waals surface area contributed by atoms with Crippen LogP contribution < -0.4 is 5.32 Å². The van der Waals surface area contributed by atoms with Crippen LogP contribution in [0.2, 0.25) is 0 Å². The highest BCUT2D eigenvalue weighted by Crippen LogP contribution is 2.33. The Hall–Kier alpha value is -3.55. The number of carbonyl (C=O) groups is 1. The van der Waals surface area contributed by atoms with E-state index in [-0.39, 0.29) is 18.9 Å². The number of allylic oxidation sites excluding steroid dienone is 17. The molecule has 516 valence electrons. The number of aliphatic hydroxyl groups excluding tert-OH is 11. The summed E-state index contributed by atoms with van der Waals surface area (Å²) in [6.45, 7) is 1.56. The Morgan fingerprint density at radius 3 is 1.20 bits per heavy atom. The minimum absolute atomic E-state index is 0.231. The van der Waals surface area contributed by atoms with E-state index in [2.05, 4.69) is 116 Å². The van der Waals surface area contributed by atoms with E-state index in [0.29, 0.717) is 6.42 Å². The fraction of sp³-hybridized carbons (Fsp3) is 0.732. The molecule has 12 N–H and O–H groups in total. The van der Waals surface area contributed by atoms with E-state index in [1.807, 2.05) is 6.08 Å². The van der Waals surface area contributed by atoms with Gasteiger partial charge in [-0.1, -0.05) is 220 Å². The summed E-state index contributed by atoms with van der Waals surface area (Å²) in [5.41, 5.74) is 0. The number of carbonyl (C=O) groups excluding carboxylic acids is 1. The number of hydrogen-bond donors (Lipinski definition) is 12. The SMILES string of the molecule is CC/C=C\C/C=C\C/C=C\C/C=C\C/C=C\C/C=C\C/C=C\C/C=C\CCCCCCCCCCCCC(=O)NC(COC1OC(CO)C(OC2OC(CO)C(OC3OC(CO)C(O)C(O)C3O)C(O)C2O)C(O)C1O)C(O)/C=C/CCCCCCCCCC. The molecule has 0 aromatic rings. The maximum atomic E-state index is 13.3. The predicted molar refractivity (Wildman–Crippen MR) is 350 cm³/mol. The standard InChI is InChI=1S/C71H119NO18/c1-3-5-7-9-11-13-15-16-17-18-19-20-21-22-23-24-25-26-27-28-29-30-31-32-33-34-35-36-37-38-39-41-43-45-47-49-59(77)72-54(55(76)48-46-44-42-40-14-12-10-8-6-4-2)53-85-69-65(83)62(80)67(57(51-74)87-69)90-71-66(84)63(81)68(58(52-75)88-71)89-70-64(82)61(79)60(78)56(50-73)86-70/h5,7,11,13,16-17,19-20,22-23,25-26,28-29,31-32,46,48,54-58,60-71,73-76,78-84H,3-4,6,8-10,12,14-15,18,21,24,27,30,33-45,47,49-53H2,1-2H3,(H,72,77)/b7-5-,13-11-,17-16-,20-19-,23-22-,26-25-,29-28-,32-31-,48-46+. The third-order valence-electron chi connectivity index (χ3n) is 16.3. The first kappa shape index (κ1) is 80.7. The zero-order chi connectivity index (χ0) is 65.4. The number of nitrogens with one attached hydrogen (secondary N) is 1. The van der Waals surface area contributed by atoms with Crippen molar-refractivity contribution in [1.29, 1.82) is 0 Å². The Kier molecular flexibility index (Phi) is 46.5. The van der Waals surface area contributed by atoms with Crippen LogP contribution in [0.3, 0.4) is 0 Å². The average molecular weight is 1270 g/mol. The molecule has 0 aromatic heterocycles. The van der Waals surface area contributed by atoms with Gasteiger partial charge < -0.3 is 89.9 Å². The lowest BCUT2D eigenvalue weighted by Crippen LogP contribution is -2.66. The number of aliphatic hydroxyl groups is 11. The molecule has 0 aromatic carbocycles. The molecule has 3 aliphatic rings. The van der Waals surface area contributed by atoms with Crippen molar-refractivity contribution in [2.24, 2.45) is 0 Å². The zero-order valence-electron chi connectivity index (χ0n) is 54.3. The summed E-state index contributed by atoms with van der Waals surface area (Å²) < 4.78 is 34.2. The lowest BCUT2D eigenvalue weighted by molar-refractivity contribution is -0.379. The number of rotatable bonds is 50. The van der Waals surface area contributed by atoms with Gasteiger partial charge in [0.05, 0.1) is 38.6 Å². The summed E-state index contributed by atoms with van der Waals surface area (Å²) in [6, 6.07) is -0.981. The molecule has 1 amide bonds. The van der Waals surface area contributed by atoms with E-state index < -0.39 is 124 Å². The van der Waals surface area contributed by atoms with Crippen molar-refractivity contribution in [2.45, 2.75) is 304 Å². The van der Waals surface area contributed by atoms with Crippen LogP contribution in [0, 0.1) is 0 Å². The predicted octanol–water partition coefficient (Wildman–Crippen LogP) is 8.66. The maximum absolute atomic E-state index is 13.3. The molecule has 0 bridgehead atoms. The first-order valence-electron chi connectivity index (χ1n) is 34.1. The molecule has 0 aliphatic carbocycles. The molecular formula is C71H119NO18. The van der Waals surface area contributed by atoms with E-state index in [1.54, 1.807) is 6.08 Å². The number of unbranched alkanes of at least 4 members (excludes halogenated alkanes) is 18. The second kappa shape index (κ2) is 51.8. The summed E-state index contributed by atoms with van der Waals surface area (Å²) >= 11 is 0. The Balaban J connectivity index is 1.35. The molecule has 0 spiro atoms. The van der Waals surface area contributed by atoms with Crippen LogP contribution in [0.4, 0.5) is 0 Å². The minimum Gasteiger partial charge on any atom is -0.394 e. The second-order valence-electron chi connectivity index (χ2n) is 23.9. The van der Waals surface area contributed by atoms with Gasteiger partial charge in [-0.25, -0.2) is 0 Å². The molecule has 3 saturated heterocycles. The van der Waals surface area contributed by atoms with Crippen molar-refractivity contribution < 1.29 is 89.4 Å². The topological polar surface area (TPSA) is 307 Å². The Labute approximate surface area is 538 Å². The first-order valence-corrected chi connectivity index (χ1v) is 34.1. The van der Waals surface area contributed by atoms with Crippen molar-refractivity contribution in [3.8, 4) is 0 Å². The average Bonchev–Trinajstić information content (AvgIpc) is 1.08. The number of amides is 1. The molecule has 3 aliphatic heterocycles. The Morgan fingerprint density at radius 2 is 0.767 bits per heavy atom. The molecule has 19 heteroatoms. The van der Waals surface area contributed by atoms with Crippen LogP contribution in [-0.4, -0.2) is 193 Å². The number of hydrogen-bond acceptors (Lipinski definition) is 18. The Morgan fingerprint density at radius 1 is 0.411 bits per heavy atom. The summed E-state index contributed by atoms with van der Waals surface area (Å²) in [5, 5.41) is 120. The molecule has 90 heavy (non-hydrogen) atoms. The van der Waals surface area contributed by atoms with Crippen molar-refractivity contribution in [3.63, 3.8) is 0 Å². The van der Waals surface area contributed by atoms with Gasteiger partial charge in [0, 0.05) is 6.42 Å². The lowest BCUT2D eigenvalue weighted by Gasteiger charge is -2.48. The van der Waals surface area contributed by atoms with E-state index in [1.165, 1.54) is 64.2 Å². The van der Waals surface area contributed by atoms with Gasteiger partial charge in [0.1, 0.15) is 73.2 Å². The lowest BCUT2D eigenvalue weighted by atomic mass is 9.96. The highest BCUT2D eigenvalue weighted by Gasteiger charge is 2.53. The summed E-state index contributed by atoms with van der Waals surface area (Å²) in [6.07, 6.45) is 42.3. The number of ether oxygens (including phenoxy) is 6. The van der Waals surface area contributed by atoms with E-state index in [9.17, 15) is 61.0 Å². The van der Waals surface area contributed by atoms with Crippen molar-refractivity contribution >= 4 is 5.91 Å². The van der Waals surface area contributed by atoms with Gasteiger partial charge in [0.2, 0.25) is 5.91 Å². The van der Waals surface area contributed by atoms with Crippen LogP contribution >= 0.6 is 0 Å². The van der Waals surface area contributed by atoms with Gasteiger partial charge in [0.15, 0.2) is 18.9 Å². The molecule has 17 atom stereocenters. The van der Waals surface area contributed by atoms with E-state index in [4.69, 9.17) is 28.4 Å². The molecule has 3 fully saturated rings. The van der Waals surface area contributed by atoms with Gasteiger partial charge in [-0.15, -0.1) is 0 Å². The third-order valence-corrected chi connectivity index (χ3v) is 16.3. The fourth-order valence-corrected chi connectivity index (χ4v) is 10.8. The molecule has 3 heterocycles. The van der Waals surface area contributed by atoms with Crippen LogP contribution in [-0.2, 0) is 33.2 Å². The minimum atomic E-state index is -1.98. The summed E-state index contributed by atoms with van der Waals surface area (Å²) in [7, 11) is 0.